The van der Waals surface area contributed by atoms with Crippen molar-refractivity contribution in [2.24, 2.45) is 0 Å². The maximum atomic E-state index is 12.6. The van der Waals surface area contributed by atoms with Crippen molar-refractivity contribution in [1.29, 1.82) is 0 Å². The normalized spacial score (nSPS) is 34.1. The molecule has 34 heavy (non-hydrogen) atoms. The minimum absolute atomic E-state index is 0.0965. The first kappa shape index (κ1) is 21.7. The number of carbonyl (C=O) groups is 2. The van der Waals surface area contributed by atoms with Gasteiger partial charge in [-0.15, -0.1) is 0 Å². The van der Waals surface area contributed by atoms with Crippen LogP contribution in [0.2, 0.25) is 0 Å². The van der Waals surface area contributed by atoms with Gasteiger partial charge in [-0.3, -0.25) is 9.59 Å². The molecule has 0 spiro atoms. The molecule has 8 heteroatoms. The third-order valence-electron chi connectivity index (χ3n) is 7.26. The van der Waals surface area contributed by atoms with Crippen molar-refractivity contribution in [1.82, 2.24) is 0 Å². The van der Waals surface area contributed by atoms with Gasteiger partial charge in [0.15, 0.2) is 12.2 Å². The van der Waals surface area contributed by atoms with Crippen molar-refractivity contribution in [3.63, 3.8) is 0 Å². The van der Waals surface area contributed by atoms with E-state index in [1.807, 2.05) is 48.5 Å². The number of carbonyl (C=O) groups excluding carboxylic acids is 2. The van der Waals surface area contributed by atoms with Gasteiger partial charge in [-0.25, -0.2) is 0 Å². The molecule has 8 nitrogen and oxygen atoms in total. The molecule has 0 saturated carbocycles. The molecule has 2 fully saturated rings. The van der Waals surface area contributed by atoms with Crippen LogP contribution in [0.5, 0.6) is 0 Å². The number of benzene rings is 2. The Kier molecular flexibility index (Phi) is 5.41. The summed E-state index contributed by atoms with van der Waals surface area (Å²) >= 11 is 0. The van der Waals surface area contributed by atoms with Crippen LogP contribution in [0.4, 0.5) is 0 Å². The van der Waals surface area contributed by atoms with Gasteiger partial charge in [-0.2, -0.15) is 0 Å². The van der Waals surface area contributed by atoms with Crippen LogP contribution in [0.25, 0.3) is 0 Å². The molecule has 4 bridgehead atoms. The molecular formula is C26H26O8. The third kappa shape index (κ3) is 3.28. The Morgan fingerprint density at radius 1 is 0.618 bits per heavy atom. The standard InChI is InChI=1S/C26H26O8/c1-29-23-19-13-7-3-5-9-15(13)21(33-19)25(23)31-17(27)11-12-18(28)32-26-22-16-10-6-4-8-14(16)20(34-22)24(26)30-2/h3-10,19-26H,11-12H2,1-2H3/t19-,20-,21+,22+,23-,24-,25+,26+/m1/s1. The van der Waals surface area contributed by atoms with E-state index in [4.69, 9.17) is 28.4 Å². The van der Waals surface area contributed by atoms with Crippen molar-refractivity contribution in [3.05, 3.63) is 70.8 Å². The van der Waals surface area contributed by atoms with Crippen molar-refractivity contribution in [2.45, 2.75) is 61.7 Å². The van der Waals surface area contributed by atoms with Gasteiger partial charge in [0.25, 0.3) is 0 Å². The Hall–Kier alpha value is -2.78. The van der Waals surface area contributed by atoms with Gasteiger partial charge in [0.2, 0.25) is 0 Å². The molecule has 0 N–H and O–H groups in total. The zero-order chi connectivity index (χ0) is 23.4. The smallest absolute Gasteiger partial charge is 0.306 e. The average molecular weight is 466 g/mol. The number of rotatable bonds is 7. The van der Waals surface area contributed by atoms with E-state index in [1.54, 1.807) is 14.2 Å². The number of hydrogen-bond acceptors (Lipinski definition) is 8. The summed E-state index contributed by atoms with van der Waals surface area (Å²) in [4.78, 5) is 25.2. The summed E-state index contributed by atoms with van der Waals surface area (Å²) in [5.74, 6) is -0.981. The van der Waals surface area contributed by atoms with Crippen molar-refractivity contribution in [2.75, 3.05) is 14.2 Å². The second-order valence-electron chi connectivity index (χ2n) is 9.02. The van der Waals surface area contributed by atoms with Crippen molar-refractivity contribution >= 4 is 11.9 Å². The van der Waals surface area contributed by atoms with Crippen LogP contribution >= 0.6 is 0 Å². The van der Waals surface area contributed by atoms with Gasteiger partial charge in [0.05, 0.1) is 12.8 Å². The number of hydrogen-bond donors (Lipinski definition) is 0. The molecule has 0 unspecified atom stereocenters. The van der Waals surface area contributed by atoms with Gasteiger partial charge in [-0.05, 0) is 22.3 Å². The highest BCUT2D eigenvalue weighted by molar-refractivity contribution is 5.78. The second-order valence-corrected chi connectivity index (χ2v) is 9.02. The molecule has 2 aromatic carbocycles. The number of ether oxygens (including phenoxy) is 6. The van der Waals surface area contributed by atoms with E-state index in [0.717, 1.165) is 22.3 Å². The molecule has 0 amide bonds. The predicted molar refractivity (Wildman–Crippen MR) is 117 cm³/mol. The highest BCUT2D eigenvalue weighted by Crippen LogP contribution is 2.54. The van der Waals surface area contributed by atoms with E-state index < -0.39 is 24.1 Å². The first-order valence-corrected chi connectivity index (χ1v) is 11.5. The van der Waals surface area contributed by atoms with E-state index in [1.165, 1.54) is 0 Å². The number of fused-ring (bicyclic) bond motifs is 10. The van der Waals surface area contributed by atoms with E-state index in [9.17, 15) is 9.59 Å². The lowest BCUT2D eigenvalue weighted by Crippen LogP contribution is -2.38. The fraction of sp³-hybridized carbons (Fsp3) is 0.462. The highest BCUT2D eigenvalue weighted by atomic mass is 16.6. The lowest BCUT2D eigenvalue weighted by Gasteiger charge is -2.28. The first-order valence-electron chi connectivity index (χ1n) is 11.5. The molecule has 8 atom stereocenters. The maximum Gasteiger partial charge on any atom is 0.306 e. The largest absolute Gasteiger partial charge is 0.456 e. The summed E-state index contributed by atoms with van der Waals surface area (Å²) < 4.78 is 34.7. The zero-order valence-corrected chi connectivity index (χ0v) is 18.9. The van der Waals surface area contributed by atoms with Crippen LogP contribution in [-0.4, -0.2) is 50.6 Å². The maximum absolute atomic E-state index is 12.6. The van der Waals surface area contributed by atoms with E-state index in [0.29, 0.717) is 0 Å². The predicted octanol–water partition coefficient (Wildman–Crippen LogP) is 3.27. The SMILES string of the molecule is CO[C@H]1[C@@H](OC(=O)CCC(=O)O[C@@H]2[C@H](OC)[C@@H]3O[C@H]2c2ccccc23)[C@H]2O[C@@H]1c1ccccc12. The lowest BCUT2D eigenvalue weighted by atomic mass is 9.87. The Morgan fingerprint density at radius 3 is 1.26 bits per heavy atom. The van der Waals surface area contributed by atoms with Crippen molar-refractivity contribution < 1.29 is 38.0 Å². The molecule has 4 aliphatic heterocycles. The Morgan fingerprint density at radius 2 is 0.941 bits per heavy atom. The summed E-state index contributed by atoms with van der Waals surface area (Å²) in [5.41, 5.74) is 4.16. The minimum Gasteiger partial charge on any atom is -0.456 e. The molecular weight excluding hydrogens is 440 g/mol. The Labute approximate surface area is 197 Å². The van der Waals surface area contributed by atoms with Gasteiger partial charge >= 0.3 is 11.9 Å². The van der Waals surface area contributed by atoms with Crippen LogP contribution in [0.1, 0.15) is 59.5 Å². The third-order valence-corrected chi connectivity index (χ3v) is 7.26. The number of methoxy groups -OCH3 is 2. The quantitative estimate of drug-likeness (QED) is 0.575. The zero-order valence-electron chi connectivity index (χ0n) is 18.9. The summed E-state index contributed by atoms with van der Waals surface area (Å²) in [7, 11) is 3.16. The Balaban J connectivity index is 1.06. The van der Waals surface area contributed by atoms with Gasteiger partial charge < -0.3 is 28.4 Å². The van der Waals surface area contributed by atoms with Crippen molar-refractivity contribution in [3.8, 4) is 0 Å². The minimum atomic E-state index is -0.554. The molecule has 6 rings (SSSR count). The first-order chi connectivity index (χ1) is 16.6. The van der Waals surface area contributed by atoms with Crippen LogP contribution < -0.4 is 0 Å². The molecule has 0 aromatic heterocycles. The van der Waals surface area contributed by atoms with Gasteiger partial charge in [0.1, 0.15) is 36.6 Å². The van der Waals surface area contributed by atoms with Crippen LogP contribution in [0.15, 0.2) is 48.5 Å². The number of esters is 2. The molecule has 2 saturated heterocycles. The summed E-state index contributed by atoms with van der Waals surface area (Å²) in [6.07, 6.45) is -3.33. The average Bonchev–Trinajstić information content (AvgIpc) is 3.61. The molecule has 4 heterocycles. The summed E-state index contributed by atoms with van der Waals surface area (Å²) in [6.45, 7) is 0. The van der Waals surface area contributed by atoms with Crippen LogP contribution in [0.3, 0.4) is 0 Å². The second kappa shape index (κ2) is 8.46. The molecule has 2 aromatic rings. The topological polar surface area (TPSA) is 89.5 Å². The van der Waals surface area contributed by atoms with E-state index in [-0.39, 0.29) is 49.5 Å². The van der Waals surface area contributed by atoms with Crippen LogP contribution in [-0.2, 0) is 38.0 Å². The molecule has 0 aliphatic carbocycles. The van der Waals surface area contributed by atoms with E-state index in [2.05, 4.69) is 0 Å². The fourth-order valence-electron chi connectivity index (χ4n) is 5.77. The fourth-order valence-corrected chi connectivity index (χ4v) is 5.77. The summed E-state index contributed by atoms with van der Waals surface area (Å²) in [5, 5.41) is 0. The molecule has 4 aliphatic rings. The highest BCUT2D eigenvalue weighted by Gasteiger charge is 2.56. The molecule has 0 radical (unpaired) electrons. The monoisotopic (exact) mass is 466 g/mol. The lowest BCUT2D eigenvalue weighted by molar-refractivity contribution is -0.164. The van der Waals surface area contributed by atoms with Gasteiger partial charge in [-0.1, -0.05) is 48.5 Å². The van der Waals surface area contributed by atoms with E-state index >= 15 is 0 Å². The Bertz CT molecular complexity index is 1030. The summed E-state index contributed by atoms with van der Waals surface area (Å²) in [6, 6.07) is 15.7. The molecule has 178 valence electrons. The van der Waals surface area contributed by atoms with Gasteiger partial charge in [0, 0.05) is 14.2 Å². The van der Waals surface area contributed by atoms with Crippen LogP contribution in [0, 0.1) is 0 Å².